The van der Waals surface area contributed by atoms with Crippen LogP contribution in [0, 0.1) is 0 Å². The molecule has 3 rings (SSSR count). The molecule has 3 aromatic rings. The second kappa shape index (κ2) is 9.43. The van der Waals surface area contributed by atoms with Crippen LogP contribution < -0.4 is 10.1 Å². The third-order valence-corrected chi connectivity index (χ3v) is 5.12. The normalized spacial score (nSPS) is 10.7. The Bertz CT molecular complexity index is 871. The molecule has 5 heteroatoms. The number of benzene rings is 3. The van der Waals surface area contributed by atoms with E-state index in [1.807, 2.05) is 42.5 Å². The number of ether oxygens (including phenoxy) is 1. The van der Waals surface area contributed by atoms with Gasteiger partial charge >= 0.3 is 0 Å². The Morgan fingerprint density at radius 3 is 2.38 bits per heavy atom. The van der Waals surface area contributed by atoms with E-state index in [2.05, 4.69) is 39.4 Å². The number of halogens is 3. The number of rotatable bonds is 7. The first-order chi connectivity index (χ1) is 12.6. The summed E-state index contributed by atoms with van der Waals surface area (Å²) >= 11 is 15.6. The predicted octanol–water partition coefficient (Wildman–Crippen LogP) is 6.62. The van der Waals surface area contributed by atoms with Gasteiger partial charge in [-0.15, -0.1) is 0 Å². The fourth-order valence-corrected chi connectivity index (χ4v) is 3.28. The van der Waals surface area contributed by atoms with Crippen molar-refractivity contribution in [3.05, 3.63) is 97.9 Å². The molecule has 0 unspecified atom stereocenters. The van der Waals surface area contributed by atoms with Gasteiger partial charge in [0.25, 0.3) is 0 Å². The Morgan fingerprint density at radius 1 is 0.808 bits per heavy atom. The lowest BCUT2D eigenvalue weighted by Crippen LogP contribution is -2.13. The lowest BCUT2D eigenvalue weighted by atomic mass is 10.2. The Morgan fingerprint density at radius 2 is 1.62 bits per heavy atom. The van der Waals surface area contributed by atoms with Gasteiger partial charge in [-0.05, 0) is 41.5 Å². The molecule has 0 radical (unpaired) electrons. The highest BCUT2D eigenvalue weighted by Crippen LogP contribution is 2.26. The van der Waals surface area contributed by atoms with Gasteiger partial charge in [-0.3, -0.25) is 0 Å². The van der Waals surface area contributed by atoms with Gasteiger partial charge in [0.2, 0.25) is 0 Å². The largest absolute Gasteiger partial charge is 0.489 e. The van der Waals surface area contributed by atoms with Crippen molar-refractivity contribution in [3.63, 3.8) is 0 Å². The van der Waals surface area contributed by atoms with Gasteiger partial charge in [0, 0.05) is 23.1 Å². The monoisotopic (exact) mass is 449 g/mol. The van der Waals surface area contributed by atoms with Crippen LogP contribution in [0.1, 0.15) is 16.7 Å². The second-order valence-corrected chi connectivity index (χ2v) is 7.61. The van der Waals surface area contributed by atoms with Gasteiger partial charge in [0.1, 0.15) is 12.4 Å². The van der Waals surface area contributed by atoms with E-state index in [9.17, 15) is 0 Å². The molecule has 2 nitrogen and oxygen atoms in total. The highest BCUT2D eigenvalue weighted by molar-refractivity contribution is 9.10. The molecule has 1 N–H and O–H groups in total. The first-order valence-electron chi connectivity index (χ1n) is 8.21. The highest BCUT2D eigenvalue weighted by Gasteiger charge is 2.07. The summed E-state index contributed by atoms with van der Waals surface area (Å²) < 4.78 is 7.04. The molecule has 0 saturated heterocycles. The lowest BCUT2D eigenvalue weighted by molar-refractivity contribution is 0.302. The molecule has 0 heterocycles. The topological polar surface area (TPSA) is 21.3 Å². The van der Waals surface area contributed by atoms with E-state index in [1.165, 1.54) is 5.56 Å². The molecule has 134 valence electrons. The summed E-state index contributed by atoms with van der Waals surface area (Å²) in [6.45, 7) is 1.95. The molecular formula is C21H18BrCl2NO. The molecule has 0 spiro atoms. The molecule has 0 atom stereocenters. The zero-order chi connectivity index (χ0) is 18.4. The van der Waals surface area contributed by atoms with Crippen LogP contribution in [-0.2, 0) is 19.7 Å². The quantitative estimate of drug-likeness (QED) is 0.436. The van der Waals surface area contributed by atoms with Crippen molar-refractivity contribution in [2.24, 2.45) is 0 Å². The molecule has 0 saturated carbocycles. The van der Waals surface area contributed by atoms with Crippen LogP contribution in [0.15, 0.2) is 71.2 Å². The van der Waals surface area contributed by atoms with Gasteiger partial charge in [0.15, 0.2) is 0 Å². The maximum atomic E-state index is 6.07. The van der Waals surface area contributed by atoms with Crippen molar-refractivity contribution in [1.29, 1.82) is 0 Å². The van der Waals surface area contributed by atoms with E-state index in [0.717, 1.165) is 27.9 Å². The Labute approximate surface area is 172 Å². The van der Waals surface area contributed by atoms with Crippen molar-refractivity contribution < 1.29 is 4.74 Å². The molecule has 3 aromatic carbocycles. The molecular weight excluding hydrogens is 433 g/mol. The zero-order valence-electron chi connectivity index (χ0n) is 14.0. The average Bonchev–Trinajstić information content (AvgIpc) is 2.65. The van der Waals surface area contributed by atoms with Crippen LogP contribution in [-0.4, -0.2) is 0 Å². The SMILES string of the molecule is Clc1ccc(COc2ccc(Br)cc2CNCc2ccccc2)cc1Cl. The Hall–Kier alpha value is -1.52. The molecule has 0 aromatic heterocycles. The summed E-state index contributed by atoms with van der Waals surface area (Å²) in [5.41, 5.74) is 3.32. The van der Waals surface area contributed by atoms with Crippen LogP contribution in [0.25, 0.3) is 0 Å². The standard InChI is InChI=1S/C21H18BrCl2NO/c22-18-7-9-21(26-14-16-6-8-19(23)20(24)10-16)17(11-18)13-25-12-15-4-2-1-3-5-15/h1-11,25H,12-14H2. The van der Waals surface area contributed by atoms with Crippen molar-refractivity contribution in [1.82, 2.24) is 5.32 Å². The van der Waals surface area contributed by atoms with E-state index >= 15 is 0 Å². The van der Waals surface area contributed by atoms with Crippen LogP contribution in [0.3, 0.4) is 0 Å². The van der Waals surface area contributed by atoms with E-state index in [0.29, 0.717) is 23.2 Å². The van der Waals surface area contributed by atoms with E-state index < -0.39 is 0 Å². The molecule has 0 aliphatic carbocycles. The third kappa shape index (κ3) is 5.49. The summed E-state index contributed by atoms with van der Waals surface area (Å²) in [4.78, 5) is 0. The number of hydrogen-bond acceptors (Lipinski definition) is 2. The molecule has 26 heavy (non-hydrogen) atoms. The molecule has 0 bridgehead atoms. The van der Waals surface area contributed by atoms with E-state index in [1.54, 1.807) is 6.07 Å². The first-order valence-corrected chi connectivity index (χ1v) is 9.76. The fraction of sp³-hybridized carbons (Fsp3) is 0.143. The van der Waals surface area contributed by atoms with E-state index in [4.69, 9.17) is 27.9 Å². The summed E-state index contributed by atoms with van der Waals surface area (Å²) in [6.07, 6.45) is 0. The van der Waals surface area contributed by atoms with Crippen molar-refractivity contribution in [2.75, 3.05) is 0 Å². The molecule has 0 aliphatic heterocycles. The van der Waals surface area contributed by atoms with Crippen LogP contribution in [0.5, 0.6) is 5.75 Å². The van der Waals surface area contributed by atoms with Gasteiger partial charge in [-0.25, -0.2) is 0 Å². The van der Waals surface area contributed by atoms with Crippen molar-refractivity contribution in [3.8, 4) is 5.75 Å². The Balaban J connectivity index is 1.64. The fourth-order valence-electron chi connectivity index (χ4n) is 2.55. The maximum Gasteiger partial charge on any atom is 0.124 e. The highest BCUT2D eigenvalue weighted by atomic mass is 79.9. The second-order valence-electron chi connectivity index (χ2n) is 5.88. The molecule has 0 aliphatic rings. The van der Waals surface area contributed by atoms with Crippen LogP contribution in [0.4, 0.5) is 0 Å². The third-order valence-electron chi connectivity index (χ3n) is 3.89. The predicted molar refractivity (Wildman–Crippen MR) is 112 cm³/mol. The number of nitrogens with one attached hydrogen (secondary N) is 1. The van der Waals surface area contributed by atoms with Crippen LogP contribution >= 0.6 is 39.1 Å². The smallest absolute Gasteiger partial charge is 0.124 e. The van der Waals surface area contributed by atoms with Gasteiger partial charge < -0.3 is 10.1 Å². The Kier molecular flexibility index (Phi) is 6.98. The minimum Gasteiger partial charge on any atom is -0.489 e. The molecule has 0 fully saturated rings. The van der Waals surface area contributed by atoms with E-state index in [-0.39, 0.29) is 0 Å². The minimum absolute atomic E-state index is 0.435. The minimum atomic E-state index is 0.435. The average molecular weight is 451 g/mol. The van der Waals surface area contributed by atoms with Crippen molar-refractivity contribution in [2.45, 2.75) is 19.7 Å². The first kappa shape index (κ1) is 19.2. The van der Waals surface area contributed by atoms with Gasteiger partial charge in [0.05, 0.1) is 10.0 Å². The number of hydrogen-bond donors (Lipinski definition) is 1. The van der Waals surface area contributed by atoms with Crippen LogP contribution in [0.2, 0.25) is 10.0 Å². The molecule has 0 amide bonds. The van der Waals surface area contributed by atoms with Gasteiger partial charge in [-0.2, -0.15) is 0 Å². The van der Waals surface area contributed by atoms with Crippen molar-refractivity contribution >= 4 is 39.1 Å². The summed E-state index contributed by atoms with van der Waals surface area (Å²) in [5, 5.41) is 4.54. The summed E-state index contributed by atoms with van der Waals surface area (Å²) in [7, 11) is 0. The van der Waals surface area contributed by atoms with Gasteiger partial charge in [-0.1, -0.05) is 75.5 Å². The summed E-state index contributed by atoms with van der Waals surface area (Å²) in [5.74, 6) is 0.847. The summed E-state index contributed by atoms with van der Waals surface area (Å²) in [6, 6.07) is 21.9. The maximum absolute atomic E-state index is 6.07. The zero-order valence-corrected chi connectivity index (χ0v) is 17.1. The lowest BCUT2D eigenvalue weighted by Gasteiger charge is -2.13.